The lowest BCUT2D eigenvalue weighted by Crippen LogP contribution is -2.29. The van der Waals surface area contributed by atoms with Crippen LogP contribution in [0.3, 0.4) is 0 Å². The highest BCUT2D eigenvalue weighted by atomic mass is 16.5. The quantitative estimate of drug-likeness (QED) is 0.357. The second kappa shape index (κ2) is 11.2. The molecule has 1 aromatic heterocycles. The van der Waals surface area contributed by atoms with E-state index in [1.54, 1.807) is 0 Å². The van der Waals surface area contributed by atoms with Crippen molar-refractivity contribution in [2.24, 2.45) is 11.3 Å². The largest absolute Gasteiger partial charge is 0.465 e. The molecule has 0 unspecified atom stereocenters. The van der Waals surface area contributed by atoms with Crippen LogP contribution < -0.4 is 5.32 Å². The molecule has 1 heterocycles. The summed E-state index contributed by atoms with van der Waals surface area (Å²) in [4.78, 5) is 55.3. The number of hydrogen-bond donors (Lipinski definition) is 1. The highest BCUT2D eigenvalue weighted by Gasteiger charge is 2.33. The van der Waals surface area contributed by atoms with Crippen LogP contribution in [0.2, 0.25) is 0 Å². The van der Waals surface area contributed by atoms with Crippen LogP contribution in [-0.4, -0.2) is 49.6 Å². The number of carbonyl (C=O) groups excluding carboxylic acids is 4. The van der Waals surface area contributed by atoms with Crippen LogP contribution in [0, 0.1) is 11.3 Å². The summed E-state index contributed by atoms with van der Waals surface area (Å²) in [5.41, 5.74) is 3.13. The summed E-state index contributed by atoms with van der Waals surface area (Å²) in [6.07, 6.45) is 2.43. The van der Waals surface area contributed by atoms with Crippen molar-refractivity contribution in [3.05, 3.63) is 70.4 Å². The number of fused-ring (bicyclic) bond motifs is 2. The van der Waals surface area contributed by atoms with Gasteiger partial charge in [0, 0.05) is 11.1 Å². The van der Waals surface area contributed by atoms with Crippen molar-refractivity contribution in [3.63, 3.8) is 0 Å². The van der Waals surface area contributed by atoms with E-state index in [0.29, 0.717) is 28.8 Å². The van der Waals surface area contributed by atoms with E-state index in [1.165, 1.54) is 32.4 Å². The summed E-state index contributed by atoms with van der Waals surface area (Å²) in [5, 5.41) is 3.22. The number of esters is 3. The van der Waals surface area contributed by atoms with Crippen molar-refractivity contribution >= 4 is 40.4 Å². The summed E-state index contributed by atoms with van der Waals surface area (Å²) in [6.45, 7) is 5.97. The molecular formula is C30H32N2O7. The standard InChI is InChI=1S/C30H32N2O7/c1-30(2,3)18-11-13-23-21(15-18)26(19-8-6-7-9-22(19)31-23)29(36)39-16-25(33)32-24-14-17(27(34)37-4)10-12-20(24)28(35)38-5/h6-10,12,14,18H,11,13,15-16H2,1-5H3,(H,32,33)/t18-/m0/s1. The number of hydrogen-bond acceptors (Lipinski definition) is 8. The zero-order valence-electron chi connectivity index (χ0n) is 22.8. The number of pyridine rings is 1. The predicted octanol–water partition coefficient (Wildman–Crippen LogP) is 4.75. The number of benzene rings is 2. The predicted molar refractivity (Wildman–Crippen MR) is 145 cm³/mol. The fourth-order valence-electron chi connectivity index (χ4n) is 4.93. The lowest BCUT2D eigenvalue weighted by molar-refractivity contribution is -0.119. The molecule has 9 nitrogen and oxygen atoms in total. The highest BCUT2D eigenvalue weighted by Crippen LogP contribution is 2.39. The van der Waals surface area contributed by atoms with Crippen LogP contribution in [0.15, 0.2) is 42.5 Å². The number of carbonyl (C=O) groups is 4. The first-order valence-corrected chi connectivity index (χ1v) is 12.7. The van der Waals surface area contributed by atoms with E-state index in [0.717, 1.165) is 24.1 Å². The molecule has 0 saturated heterocycles. The number of rotatable bonds is 6. The summed E-state index contributed by atoms with van der Waals surface area (Å²) in [5.74, 6) is -2.29. The molecular weight excluding hydrogens is 500 g/mol. The van der Waals surface area contributed by atoms with Crippen molar-refractivity contribution in [2.75, 3.05) is 26.1 Å². The van der Waals surface area contributed by atoms with Gasteiger partial charge in [0.2, 0.25) is 0 Å². The van der Waals surface area contributed by atoms with Crippen LogP contribution in [0.25, 0.3) is 10.9 Å². The number of anilines is 1. The lowest BCUT2D eigenvalue weighted by atomic mass is 9.70. The molecule has 2 aromatic carbocycles. The molecule has 0 fully saturated rings. The van der Waals surface area contributed by atoms with Gasteiger partial charge in [0.05, 0.1) is 42.1 Å². The van der Waals surface area contributed by atoms with Gasteiger partial charge in [-0.2, -0.15) is 0 Å². The van der Waals surface area contributed by atoms with Gasteiger partial charge in [-0.15, -0.1) is 0 Å². The molecule has 0 radical (unpaired) electrons. The number of aryl methyl sites for hydroxylation is 1. The number of nitrogens with zero attached hydrogens (tertiary/aromatic N) is 1. The minimum Gasteiger partial charge on any atom is -0.465 e. The Hall–Kier alpha value is -4.27. The van der Waals surface area contributed by atoms with Gasteiger partial charge < -0.3 is 19.5 Å². The minimum atomic E-state index is -0.706. The van der Waals surface area contributed by atoms with Crippen LogP contribution >= 0.6 is 0 Å². The number of nitrogens with one attached hydrogen (secondary N) is 1. The van der Waals surface area contributed by atoms with Crippen molar-refractivity contribution in [1.29, 1.82) is 0 Å². The number of amides is 1. The molecule has 4 rings (SSSR count). The Labute approximate surface area is 226 Å². The summed E-state index contributed by atoms with van der Waals surface area (Å²) in [6, 6.07) is 11.4. The Balaban J connectivity index is 1.59. The van der Waals surface area contributed by atoms with Gasteiger partial charge in [-0.05, 0) is 60.4 Å². The van der Waals surface area contributed by atoms with E-state index >= 15 is 0 Å². The monoisotopic (exact) mass is 532 g/mol. The smallest absolute Gasteiger partial charge is 0.339 e. The molecule has 39 heavy (non-hydrogen) atoms. The molecule has 0 saturated carbocycles. The van der Waals surface area contributed by atoms with Crippen LogP contribution in [-0.2, 0) is 31.8 Å². The molecule has 0 aliphatic heterocycles. The van der Waals surface area contributed by atoms with Gasteiger partial charge in [0.25, 0.3) is 5.91 Å². The summed E-state index contributed by atoms with van der Waals surface area (Å²) in [7, 11) is 2.42. The molecule has 3 aromatic rings. The van der Waals surface area contributed by atoms with Crippen molar-refractivity contribution in [1.82, 2.24) is 4.98 Å². The first-order chi connectivity index (χ1) is 18.5. The van der Waals surface area contributed by atoms with Crippen LogP contribution in [0.1, 0.15) is 69.5 Å². The summed E-state index contributed by atoms with van der Waals surface area (Å²) >= 11 is 0. The van der Waals surface area contributed by atoms with Gasteiger partial charge in [0.1, 0.15) is 0 Å². The minimum absolute atomic E-state index is 0.0329. The lowest BCUT2D eigenvalue weighted by Gasteiger charge is -2.35. The number of ether oxygens (including phenoxy) is 3. The fraction of sp³-hybridized carbons (Fsp3) is 0.367. The third-order valence-electron chi connectivity index (χ3n) is 7.14. The molecule has 1 N–H and O–H groups in total. The average Bonchev–Trinajstić information content (AvgIpc) is 2.92. The van der Waals surface area contributed by atoms with Crippen molar-refractivity contribution < 1.29 is 33.4 Å². The molecule has 1 amide bonds. The maximum Gasteiger partial charge on any atom is 0.339 e. The third-order valence-corrected chi connectivity index (χ3v) is 7.14. The second-order valence-electron chi connectivity index (χ2n) is 10.6. The van der Waals surface area contributed by atoms with Crippen molar-refractivity contribution in [2.45, 2.75) is 40.0 Å². The molecule has 9 heteroatoms. The van der Waals surface area contributed by atoms with Gasteiger partial charge in [-0.3, -0.25) is 9.78 Å². The summed E-state index contributed by atoms with van der Waals surface area (Å²) < 4.78 is 15.0. The zero-order valence-corrected chi connectivity index (χ0v) is 22.8. The molecule has 204 valence electrons. The number of para-hydroxylation sites is 1. The molecule has 1 aliphatic carbocycles. The molecule has 1 aliphatic rings. The maximum absolute atomic E-state index is 13.5. The zero-order chi connectivity index (χ0) is 28.3. The van der Waals surface area contributed by atoms with E-state index in [9.17, 15) is 19.2 Å². The Morgan fingerprint density at radius 2 is 1.69 bits per heavy atom. The van der Waals surface area contributed by atoms with E-state index in [2.05, 4.69) is 26.1 Å². The van der Waals surface area contributed by atoms with Crippen LogP contribution in [0.5, 0.6) is 0 Å². The molecule has 0 spiro atoms. The SMILES string of the molecule is COC(=O)c1ccc(C(=O)OC)c(NC(=O)COC(=O)c2c3c(nc4ccccc24)CC[C@H](C(C)(C)C)C3)c1. The van der Waals surface area contributed by atoms with Crippen LogP contribution in [0.4, 0.5) is 5.69 Å². The fourth-order valence-corrected chi connectivity index (χ4v) is 4.93. The average molecular weight is 533 g/mol. The van der Waals surface area contributed by atoms with Gasteiger partial charge in [-0.25, -0.2) is 14.4 Å². The first kappa shape index (κ1) is 27.8. The van der Waals surface area contributed by atoms with E-state index in [4.69, 9.17) is 19.2 Å². The van der Waals surface area contributed by atoms with Gasteiger partial charge >= 0.3 is 17.9 Å². The molecule has 0 bridgehead atoms. The van der Waals surface area contributed by atoms with Crippen molar-refractivity contribution in [3.8, 4) is 0 Å². The Morgan fingerprint density at radius 1 is 0.974 bits per heavy atom. The van der Waals surface area contributed by atoms with Gasteiger partial charge in [-0.1, -0.05) is 39.0 Å². The number of aromatic nitrogens is 1. The van der Waals surface area contributed by atoms with E-state index in [-0.39, 0.29) is 22.2 Å². The Kier molecular flexibility index (Phi) is 7.99. The number of methoxy groups -OCH3 is 2. The molecule has 1 atom stereocenters. The second-order valence-corrected chi connectivity index (χ2v) is 10.6. The first-order valence-electron chi connectivity index (χ1n) is 12.7. The van der Waals surface area contributed by atoms with E-state index < -0.39 is 30.4 Å². The van der Waals surface area contributed by atoms with Gasteiger partial charge in [0.15, 0.2) is 6.61 Å². The Bertz CT molecular complexity index is 1460. The topological polar surface area (TPSA) is 121 Å². The maximum atomic E-state index is 13.5. The van der Waals surface area contributed by atoms with E-state index in [1.807, 2.05) is 24.3 Å². The normalized spacial score (nSPS) is 14.7. The third kappa shape index (κ3) is 5.92. The highest BCUT2D eigenvalue weighted by molar-refractivity contribution is 6.07. The Morgan fingerprint density at radius 3 is 2.38 bits per heavy atom.